The highest BCUT2D eigenvalue weighted by molar-refractivity contribution is 5.66. The fraction of sp³-hybridized carbons (Fsp3) is 0.870. The van der Waals surface area contributed by atoms with Crippen molar-refractivity contribution < 1.29 is 9.53 Å². The zero-order chi connectivity index (χ0) is 19.1. The molecule has 0 heterocycles. The Balaban J connectivity index is 3.03. The van der Waals surface area contributed by atoms with Crippen LogP contribution in [-0.2, 0) is 4.74 Å². The second kappa shape index (κ2) is 22.1. The average Bonchev–Trinajstić information content (AvgIpc) is 2.64. The van der Waals surface area contributed by atoms with Crippen molar-refractivity contribution in [3.05, 3.63) is 12.7 Å². The number of rotatable bonds is 20. The minimum atomic E-state index is -0.281. The molecule has 0 atom stereocenters. The summed E-state index contributed by atoms with van der Waals surface area (Å²) in [6.07, 6.45) is 24.7. The number of unbranched alkanes of at least 4 members (excludes halogenated alkanes) is 16. The van der Waals surface area contributed by atoms with E-state index in [9.17, 15) is 4.79 Å². The van der Waals surface area contributed by atoms with E-state index in [-0.39, 0.29) is 6.09 Å². The minimum Gasteiger partial charge on any atom is -0.450 e. The number of carbonyl (C=O) groups excluding carboxylic acids is 1. The fourth-order valence-electron chi connectivity index (χ4n) is 3.26. The first-order valence-corrected chi connectivity index (χ1v) is 11.3. The third-order valence-electron chi connectivity index (χ3n) is 4.88. The van der Waals surface area contributed by atoms with Gasteiger partial charge >= 0.3 is 6.09 Å². The molecule has 0 spiro atoms. The molecule has 0 aliphatic heterocycles. The third kappa shape index (κ3) is 21.1. The van der Waals surface area contributed by atoms with Gasteiger partial charge in [0.05, 0.1) is 6.61 Å². The lowest BCUT2D eigenvalue weighted by atomic mass is 10.0. The van der Waals surface area contributed by atoms with Crippen LogP contribution in [-0.4, -0.2) is 19.2 Å². The van der Waals surface area contributed by atoms with E-state index in [1.807, 2.05) is 13.0 Å². The second-order valence-corrected chi connectivity index (χ2v) is 7.38. The van der Waals surface area contributed by atoms with Gasteiger partial charge < -0.3 is 10.1 Å². The molecule has 0 unspecified atom stereocenters. The van der Waals surface area contributed by atoms with E-state index in [1.54, 1.807) is 0 Å². The lowest BCUT2D eigenvalue weighted by Crippen LogP contribution is -2.25. The number of alkyl carbamates (subject to hydrolysis) is 1. The first kappa shape index (κ1) is 25.0. The fourth-order valence-corrected chi connectivity index (χ4v) is 3.26. The number of hydrogen-bond donors (Lipinski definition) is 1. The van der Waals surface area contributed by atoms with Gasteiger partial charge in [0.2, 0.25) is 0 Å². The molecule has 0 saturated heterocycles. The molecular formula is C23H45NO2. The smallest absolute Gasteiger partial charge is 0.407 e. The molecule has 0 rings (SSSR count). The van der Waals surface area contributed by atoms with Crippen molar-refractivity contribution >= 4 is 6.09 Å². The van der Waals surface area contributed by atoms with Crippen LogP contribution in [0.5, 0.6) is 0 Å². The number of ether oxygens (including phenoxy) is 1. The summed E-state index contributed by atoms with van der Waals surface area (Å²) in [6, 6.07) is 0. The Labute approximate surface area is 163 Å². The standard InChI is InChI=1S/C23H45NO2/c1-3-5-6-7-8-9-10-11-12-13-14-15-16-17-18-19-20-21-22-24-23(25)26-4-2/h3H,1,4-22H2,2H3,(H,24,25). The molecule has 0 aliphatic rings. The second-order valence-electron chi connectivity index (χ2n) is 7.38. The van der Waals surface area contributed by atoms with Gasteiger partial charge in [-0.15, -0.1) is 6.58 Å². The van der Waals surface area contributed by atoms with Crippen LogP contribution in [0.2, 0.25) is 0 Å². The molecule has 26 heavy (non-hydrogen) atoms. The van der Waals surface area contributed by atoms with Gasteiger partial charge in [-0.25, -0.2) is 4.79 Å². The van der Waals surface area contributed by atoms with Crippen molar-refractivity contribution in [1.82, 2.24) is 5.32 Å². The zero-order valence-electron chi connectivity index (χ0n) is 17.5. The van der Waals surface area contributed by atoms with Crippen LogP contribution in [0.3, 0.4) is 0 Å². The van der Waals surface area contributed by atoms with Crippen molar-refractivity contribution in [2.24, 2.45) is 0 Å². The lowest BCUT2D eigenvalue weighted by molar-refractivity contribution is 0.152. The van der Waals surface area contributed by atoms with Gasteiger partial charge in [-0.3, -0.25) is 0 Å². The van der Waals surface area contributed by atoms with Gasteiger partial charge in [0.1, 0.15) is 0 Å². The van der Waals surface area contributed by atoms with E-state index >= 15 is 0 Å². The molecule has 0 radical (unpaired) electrons. The molecule has 0 aromatic heterocycles. The molecule has 3 heteroatoms. The van der Waals surface area contributed by atoms with Crippen molar-refractivity contribution in [2.75, 3.05) is 13.2 Å². The third-order valence-corrected chi connectivity index (χ3v) is 4.88. The summed E-state index contributed by atoms with van der Waals surface area (Å²) in [7, 11) is 0. The number of allylic oxidation sites excluding steroid dienone is 1. The summed E-state index contributed by atoms with van der Waals surface area (Å²) < 4.78 is 4.83. The lowest BCUT2D eigenvalue weighted by Gasteiger charge is -2.05. The van der Waals surface area contributed by atoms with Crippen molar-refractivity contribution in [1.29, 1.82) is 0 Å². The Morgan fingerprint density at radius 3 is 1.50 bits per heavy atom. The maximum absolute atomic E-state index is 11.1. The maximum atomic E-state index is 11.1. The van der Waals surface area contributed by atoms with Gasteiger partial charge in [-0.05, 0) is 26.2 Å². The maximum Gasteiger partial charge on any atom is 0.407 e. The van der Waals surface area contributed by atoms with Crippen molar-refractivity contribution in [2.45, 2.75) is 116 Å². The number of hydrogen-bond acceptors (Lipinski definition) is 2. The van der Waals surface area contributed by atoms with Crippen LogP contribution in [0.1, 0.15) is 116 Å². The first-order chi connectivity index (χ1) is 12.8. The summed E-state index contributed by atoms with van der Waals surface area (Å²) in [4.78, 5) is 11.1. The Morgan fingerprint density at radius 1 is 0.731 bits per heavy atom. The van der Waals surface area contributed by atoms with Gasteiger partial charge in [0.25, 0.3) is 0 Å². The number of amides is 1. The van der Waals surface area contributed by atoms with Crippen molar-refractivity contribution in [3.8, 4) is 0 Å². The number of carbonyl (C=O) groups is 1. The van der Waals surface area contributed by atoms with E-state index in [0.29, 0.717) is 6.61 Å². The molecule has 3 nitrogen and oxygen atoms in total. The molecule has 0 aromatic carbocycles. The van der Waals surface area contributed by atoms with Crippen LogP contribution >= 0.6 is 0 Å². The van der Waals surface area contributed by atoms with Crippen LogP contribution < -0.4 is 5.32 Å². The molecule has 1 amide bonds. The topological polar surface area (TPSA) is 38.3 Å². The predicted octanol–water partition coefficient (Wildman–Crippen LogP) is 7.55. The van der Waals surface area contributed by atoms with Crippen LogP contribution in [0, 0.1) is 0 Å². The van der Waals surface area contributed by atoms with E-state index in [0.717, 1.165) is 13.0 Å². The Kier molecular flexibility index (Phi) is 21.2. The van der Waals surface area contributed by atoms with Crippen LogP contribution in [0.4, 0.5) is 4.79 Å². The summed E-state index contributed by atoms with van der Waals surface area (Å²) in [5.74, 6) is 0. The first-order valence-electron chi connectivity index (χ1n) is 11.3. The molecule has 1 N–H and O–H groups in total. The molecule has 0 fully saturated rings. The highest BCUT2D eigenvalue weighted by atomic mass is 16.5. The molecule has 0 aromatic rings. The molecule has 0 bridgehead atoms. The highest BCUT2D eigenvalue weighted by Gasteiger charge is 1.98. The monoisotopic (exact) mass is 367 g/mol. The molecule has 154 valence electrons. The Hall–Kier alpha value is -0.990. The van der Waals surface area contributed by atoms with E-state index in [4.69, 9.17) is 4.74 Å². The molecular weight excluding hydrogens is 322 g/mol. The van der Waals surface area contributed by atoms with Gasteiger partial charge in [-0.2, -0.15) is 0 Å². The van der Waals surface area contributed by atoms with E-state index < -0.39 is 0 Å². The van der Waals surface area contributed by atoms with Crippen molar-refractivity contribution in [3.63, 3.8) is 0 Å². The summed E-state index contributed by atoms with van der Waals surface area (Å²) in [5.41, 5.74) is 0. The van der Waals surface area contributed by atoms with Crippen LogP contribution in [0.25, 0.3) is 0 Å². The average molecular weight is 368 g/mol. The van der Waals surface area contributed by atoms with Gasteiger partial charge in [-0.1, -0.05) is 96.0 Å². The van der Waals surface area contributed by atoms with Crippen LogP contribution in [0.15, 0.2) is 12.7 Å². The van der Waals surface area contributed by atoms with E-state index in [1.165, 1.54) is 103 Å². The molecule has 0 aliphatic carbocycles. The Bertz CT molecular complexity index is 305. The zero-order valence-corrected chi connectivity index (χ0v) is 17.5. The highest BCUT2D eigenvalue weighted by Crippen LogP contribution is 2.14. The minimum absolute atomic E-state index is 0.281. The SMILES string of the molecule is C=CCCCCCCCCCCCCCCCCCCNC(=O)OCC. The van der Waals surface area contributed by atoms with Gasteiger partial charge in [0.15, 0.2) is 0 Å². The Morgan fingerprint density at radius 2 is 1.12 bits per heavy atom. The normalized spacial score (nSPS) is 10.7. The summed E-state index contributed by atoms with van der Waals surface area (Å²) in [6.45, 7) is 6.79. The quantitative estimate of drug-likeness (QED) is 0.178. The summed E-state index contributed by atoms with van der Waals surface area (Å²) >= 11 is 0. The largest absolute Gasteiger partial charge is 0.450 e. The molecule has 0 saturated carbocycles. The van der Waals surface area contributed by atoms with Gasteiger partial charge in [0, 0.05) is 6.54 Å². The number of nitrogens with one attached hydrogen (secondary N) is 1. The predicted molar refractivity (Wildman–Crippen MR) is 114 cm³/mol. The van der Waals surface area contributed by atoms with E-state index in [2.05, 4.69) is 11.9 Å². The summed E-state index contributed by atoms with van der Waals surface area (Å²) in [5, 5.41) is 2.77.